The molecule has 3 heterocycles. The minimum Gasteiger partial charge on any atom is -0.384 e. The van der Waals surface area contributed by atoms with Crippen LogP contribution < -0.4 is 5.56 Å². The van der Waals surface area contributed by atoms with E-state index in [4.69, 9.17) is 9.72 Å². The third kappa shape index (κ3) is 4.60. The number of carbonyl (C=O) groups excluding carboxylic acids is 2. The molecule has 0 bridgehead atoms. The zero-order valence-electron chi connectivity index (χ0n) is 16.8. The number of aromatic amines is 1. The van der Waals surface area contributed by atoms with Crippen molar-refractivity contribution in [2.75, 3.05) is 33.4 Å². The smallest absolute Gasteiger partial charge is 0.256 e. The third-order valence-corrected chi connectivity index (χ3v) is 5.66. The summed E-state index contributed by atoms with van der Waals surface area (Å²) in [6.45, 7) is 4.74. The summed E-state index contributed by atoms with van der Waals surface area (Å²) in [5.41, 5.74) is 1.30. The van der Waals surface area contributed by atoms with Crippen LogP contribution in [-0.4, -0.2) is 64.9 Å². The maximum absolute atomic E-state index is 12.6. The molecule has 1 N–H and O–H groups in total. The van der Waals surface area contributed by atoms with Crippen molar-refractivity contribution < 1.29 is 14.3 Å². The van der Waals surface area contributed by atoms with Gasteiger partial charge in [-0.15, -0.1) is 0 Å². The number of hydrogen-bond donors (Lipinski definition) is 1. The lowest BCUT2D eigenvalue weighted by Crippen LogP contribution is -2.41. The lowest BCUT2D eigenvalue weighted by atomic mass is 9.95. The molecule has 0 aliphatic carbocycles. The maximum Gasteiger partial charge on any atom is 0.256 e. The van der Waals surface area contributed by atoms with Gasteiger partial charge >= 0.3 is 0 Å². The fourth-order valence-electron chi connectivity index (χ4n) is 3.97. The van der Waals surface area contributed by atoms with Gasteiger partial charge in [0.05, 0.1) is 30.8 Å². The van der Waals surface area contributed by atoms with Crippen LogP contribution in [0.25, 0.3) is 0 Å². The van der Waals surface area contributed by atoms with Gasteiger partial charge in [0.2, 0.25) is 11.8 Å². The molecule has 0 atom stereocenters. The number of rotatable bonds is 6. The summed E-state index contributed by atoms with van der Waals surface area (Å²) in [6, 6.07) is 0. The van der Waals surface area contributed by atoms with E-state index in [9.17, 15) is 14.4 Å². The number of hydrogen-bond acceptors (Lipinski definition) is 5. The number of likely N-dealkylation sites (tertiary alicyclic amines) is 1. The summed E-state index contributed by atoms with van der Waals surface area (Å²) in [6.07, 6.45) is 3.93. The average molecular weight is 390 g/mol. The normalized spacial score (nSPS) is 17.5. The molecule has 8 heteroatoms. The maximum atomic E-state index is 12.6. The Hall–Kier alpha value is -2.22. The first-order valence-electron chi connectivity index (χ1n) is 10.2. The molecule has 0 spiro atoms. The molecule has 28 heavy (non-hydrogen) atoms. The first-order chi connectivity index (χ1) is 13.5. The Bertz CT molecular complexity index is 768. The van der Waals surface area contributed by atoms with Crippen molar-refractivity contribution in [2.45, 2.75) is 57.9 Å². The van der Waals surface area contributed by atoms with Crippen molar-refractivity contribution in [1.29, 1.82) is 0 Å². The van der Waals surface area contributed by atoms with E-state index in [0.29, 0.717) is 57.6 Å². The van der Waals surface area contributed by atoms with Crippen molar-refractivity contribution in [1.82, 2.24) is 19.8 Å². The minimum absolute atomic E-state index is 0.0992. The average Bonchev–Trinajstić information content (AvgIpc) is 2.72. The predicted octanol–water partition coefficient (Wildman–Crippen LogP) is 1.20. The van der Waals surface area contributed by atoms with Crippen molar-refractivity contribution in [3.05, 3.63) is 27.4 Å². The van der Waals surface area contributed by atoms with Crippen molar-refractivity contribution in [2.24, 2.45) is 0 Å². The summed E-state index contributed by atoms with van der Waals surface area (Å²) >= 11 is 0. The zero-order chi connectivity index (χ0) is 20.1. The number of nitrogens with zero attached hydrogens (tertiary/aromatic N) is 3. The van der Waals surface area contributed by atoms with Gasteiger partial charge in [0.25, 0.3) is 5.56 Å². The van der Waals surface area contributed by atoms with E-state index in [1.807, 2.05) is 11.8 Å². The summed E-state index contributed by atoms with van der Waals surface area (Å²) in [5.74, 6) is 1.09. The number of amides is 2. The number of nitrogens with one attached hydrogen (secondary N) is 1. The SMILES string of the molecule is CCCC(=O)N1CCc2nc(C3CCN(C(=O)CCOC)CC3)[nH]c(=O)c2C1. The molecular weight excluding hydrogens is 360 g/mol. The van der Waals surface area contributed by atoms with Crippen LogP contribution in [-0.2, 0) is 27.3 Å². The largest absolute Gasteiger partial charge is 0.384 e. The molecule has 3 rings (SSSR count). The van der Waals surface area contributed by atoms with E-state index >= 15 is 0 Å². The van der Waals surface area contributed by atoms with Crippen LogP contribution in [0.15, 0.2) is 4.79 Å². The van der Waals surface area contributed by atoms with Crippen molar-refractivity contribution in [3.8, 4) is 0 Å². The highest BCUT2D eigenvalue weighted by atomic mass is 16.5. The second-order valence-electron chi connectivity index (χ2n) is 7.59. The number of carbonyl (C=O) groups is 2. The van der Waals surface area contributed by atoms with E-state index < -0.39 is 0 Å². The van der Waals surface area contributed by atoms with Gasteiger partial charge in [-0.2, -0.15) is 0 Å². The van der Waals surface area contributed by atoms with E-state index in [1.54, 1.807) is 12.0 Å². The molecule has 1 fully saturated rings. The number of methoxy groups -OCH3 is 1. The quantitative estimate of drug-likeness (QED) is 0.787. The molecule has 2 amide bonds. The Labute approximate surface area is 165 Å². The lowest BCUT2D eigenvalue weighted by molar-refractivity contribution is -0.133. The number of H-pyrrole nitrogens is 1. The first kappa shape index (κ1) is 20.5. The third-order valence-electron chi connectivity index (χ3n) is 5.66. The molecule has 1 saturated heterocycles. The standard InChI is InChI=1S/C20H30N4O4/c1-3-4-17(25)24-11-7-16-15(13-24)20(27)22-19(21-16)14-5-9-23(10-6-14)18(26)8-12-28-2/h14H,3-13H2,1-2H3,(H,21,22,27). The first-order valence-corrected chi connectivity index (χ1v) is 10.2. The highest BCUT2D eigenvalue weighted by Gasteiger charge is 2.28. The highest BCUT2D eigenvalue weighted by Crippen LogP contribution is 2.26. The molecule has 154 valence electrons. The van der Waals surface area contributed by atoms with Gasteiger partial charge in [-0.25, -0.2) is 4.98 Å². The summed E-state index contributed by atoms with van der Waals surface area (Å²) in [7, 11) is 1.59. The second-order valence-corrected chi connectivity index (χ2v) is 7.59. The zero-order valence-corrected chi connectivity index (χ0v) is 16.8. The topological polar surface area (TPSA) is 95.6 Å². The monoisotopic (exact) mass is 390 g/mol. The van der Waals surface area contributed by atoms with Crippen molar-refractivity contribution in [3.63, 3.8) is 0 Å². The van der Waals surface area contributed by atoms with Crippen LogP contribution in [0.4, 0.5) is 0 Å². The molecule has 0 radical (unpaired) electrons. The van der Waals surface area contributed by atoms with Crippen LogP contribution in [0, 0.1) is 0 Å². The Morgan fingerprint density at radius 3 is 2.54 bits per heavy atom. The summed E-state index contributed by atoms with van der Waals surface area (Å²) in [5, 5.41) is 0. The summed E-state index contributed by atoms with van der Waals surface area (Å²) in [4.78, 5) is 48.2. The number of fused-ring (bicyclic) bond motifs is 1. The second kappa shape index (κ2) is 9.32. The van der Waals surface area contributed by atoms with E-state index in [2.05, 4.69) is 4.98 Å². The molecule has 1 aromatic heterocycles. The van der Waals surface area contributed by atoms with Crippen LogP contribution >= 0.6 is 0 Å². The molecule has 0 unspecified atom stereocenters. The van der Waals surface area contributed by atoms with E-state index in [0.717, 1.165) is 30.8 Å². The number of piperidine rings is 1. The van der Waals surface area contributed by atoms with Gasteiger partial charge < -0.3 is 19.5 Å². The van der Waals surface area contributed by atoms with Gasteiger partial charge in [-0.1, -0.05) is 6.92 Å². The van der Waals surface area contributed by atoms with E-state index in [1.165, 1.54) is 0 Å². The molecule has 2 aliphatic rings. The van der Waals surface area contributed by atoms with Crippen LogP contribution in [0.3, 0.4) is 0 Å². The van der Waals surface area contributed by atoms with Crippen LogP contribution in [0.2, 0.25) is 0 Å². The molecular formula is C20H30N4O4. The Morgan fingerprint density at radius 2 is 1.86 bits per heavy atom. The van der Waals surface area contributed by atoms with Gasteiger partial charge in [0.1, 0.15) is 5.82 Å². The van der Waals surface area contributed by atoms with Gasteiger partial charge in [-0.3, -0.25) is 14.4 Å². The molecule has 8 nitrogen and oxygen atoms in total. The Balaban J connectivity index is 1.65. The number of aromatic nitrogens is 2. The van der Waals surface area contributed by atoms with Gasteiger partial charge in [-0.05, 0) is 19.3 Å². The molecule has 0 saturated carbocycles. The molecule has 0 aromatic carbocycles. The van der Waals surface area contributed by atoms with E-state index in [-0.39, 0.29) is 23.3 Å². The van der Waals surface area contributed by atoms with Gasteiger partial charge in [0, 0.05) is 45.5 Å². The van der Waals surface area contributed by atoms with Crippen molar-refractivity contribution >= 4 is 11.8 Å². The van der Waals surface area contributed by atoms with Crippen LogP contribution in [0.5, 0.6) is 0 Å². The van der Waals surface area contributed by atoms with Crippen LogP contribution in [0.1, 0.15) is 62.0 Å². The Kier molecular flexibility index (Phi) is 6.83. The molecule has 1 aromatic rings. The molecule has 2 aliphatic heterocycles. The number of ether oxygens (including phenoxy) is 1. The van der Waals surface area contributed by atoms with Gasteiger partial charge in [0.15, 0.2) is 0 Å². The fraction of sp³-hybridized carbons (Fsp3) is 0.700. The lowest BCUT2D eigenvalue weighted by Gasteiger charge is -2.32. The summed E-state index contributed by atoms with van der Waals surface area (Å²) < 4.78 is 4.97. The minimum atomic E-state index is -0.132. The highest BCUT2D eigenvalue weighted by molar-refractivity contribution is 5.76. The Morgan fingerprint density at radius 1 is 1.14 bits per heavy atom. The predicted molar refractivity (Wildman–Crippen MR) is 104 cm³/mol. The fourth-order valence-corrected chi connectivity index (χ4v) is 3.97.